The van der Waals surface area contributed by atoms with Gasteiger partial charge in [0.05, 0.1) is 21.3 Å². The lowest BCUT2D eigenvalue weighted by Crippen LogP contribution is -2.51. The summed E-state index contributed by atoms with van der Waals surface area (Å²) in [6, 6.07) is 3.98. The lowest BCUT2D eigenvalue weighted by Gasteiger charge is -2.27. The number of esters is 3. The predicted molar refractivity (Wildman–Crippen MR) is 95.9 cm³/mol. The van der Waals surface area contributed by atoms with E-state index in [2.05, 4.69) is 14.8 Å². The van der Waals surface area contributed by atoms with Crippen LogP contribution in [0.15, 0.2) is 18.2 Å². The molecule has 0 saturated carbocycles. The first kappa shape index (κ1) is 22.1. The van der Waals surface area contributed by atoms with E-state index < -0.39 is 41.7 Å². The summed E-state index contributed by atoms with van der Waals surface area (Å²) >= 11 is 0. The highest BCUT2D eigenvalue weighted by Gasteiger charge is 2.42. The van der Waals surface area contributed by atoms with Crippen LogP contribution >= 0.6 is 0 Å². The van der Waals surface area contributed by atoms with Gasteiger partial charge >= 0.3 is 17.9 Å². The average molecular weight is 379 g/mol. The number of rotatable bonds is 7. The zero-order valence-electron chi connectivity index (χ0n) is 16.3. The van der Waals surface area contributed by atoms with Gasteiger partial charge in [0.2, 0.25) is 0 Å². The number of amides is 1. The van der Waals surface area contributed by atoms with Crippen LogP contribution in [0.2, 0.25) is 0 Å². The van der Waals surface area contributed by atoms with Gasteiger partial charge in [0.1, 0.15) is 6.04 Å². The molecule has 0 heterocycles. The van der Waals surface area contributed by atoms with Gasteiger partial charge in [0.15, 0.2) is 5.92 Å². The fraction of sp³-hybridized carbons (Fsp3) is 0.474. The summed E-state index contributed by atoms with van der Waals surface area (Å²) in [6.07, 6.45) is 0. The third-order valence-corrected chi connectivity index (χ3v) is 4.19. The van der Waals surface area contributed by atoms with Crippen molar-refractivity contribution >= 4 is 23.8 Å². The molecule has 0 radical (unpaired) electrons. The number of hydrogen-bond acceptors (Lipinski definition) is 7. The molecule has 0 aliphatic heterocycles. The molecule has 1 N–H and O–H groups in total. The Morgan fingerprint density at radius 3 is 1.67 bits per heavy atom. The van der Waals surface area contributed by atoms with Crippen LogP contribution in [0.25, 0.3) is 0 Å². The molecule has 27 heavy (non-hydrogen) atoms. The Balaban J connectivity index is 3.20. The predicted octanol–water partition coefficient (Wildman–Crippen LogP) is 1.17. The molecule has 8 nitrogen and oxygen atoms in total. The lowest BCUT2D eigenvalue weighted by atomic mass is 9.87. The summed E-state index contributed by atoms with van der Waals surface area (Å²) in [5, 5.41) is 2.55. The maximum atomic E-state index is 12.6. The minimum absolute atomic E-state index is 0.348. The summed E-state index contributed by atoms with van der Waals surface area (Å²) in [5.41, 5.74) is 2.11. The van der Waals surface area contributed by atoms with E-state index in [9.17, 15) is 19.2 Å². The molecule has 0 aliphatic carbocycles. The van der Waals surface area contributed by atoms with Crippen molar-refractivity contribution in [3.8, 4) is 0 Å². The van der Waals surface area contributed by atoms with E-state index in [-0.39, 0.29) is 0 Å². The van der Waals surface area contributed by atoms with Crippen LogP contribution < -0.4 is 5.32 Å². The van der Waals surface area contributed by atoms with E-state index in [1.165, 1.54) is 6.92 Å². The number of aryl methyl sites for hydroxylation is 2. The number of hydrogen-bond donors (Lipinski definition) is 1. The third kappa shape index (κ3) is 5.54. The van der Waals surface area contributed by atoms with Crippen LogP contribution in [0.1, 0.15) is 28.4 Å². The van der Waals surface area contributed by atoms with E-state index in [1.807, 2.05) is 19.9 Å². The fourth-order valence-electron chi connectivity index (χ4n) is 2.83. The second-order valence-electron chi connectivity index (χ2n) is 6.23. The van der Waals surface area contributed by atoms with E-state index in [4.69, 9.17) is 4.74 Å². The molecule has 148 valence electrons. The van der Waals surface area contributed by atoms with Crippen molar-refractivity contribution < 1.29 is 33.4 Å². The standard InChI is InChI=1S/C19H25NO7/c1-10-7-11(2)9-13(8-10)16(21)20-15(19(24)27-6)12(3)14(17(22)25-4)18(23)26-5/h7-9,12,14-15H,1-6H3,(H,20,21)/t12-,15+/m0/s1. The topological polar surface area (TPSA) is 108 Å². The summed E-state index contributed by atoms with van der Waals surface area (Å²) in [5.74, 6) is -5.43. The van der Waals surface area contributed by atoms with Gasteiger partial charge in [0.25, 0.3) is 5.91 Å². The quantitative estimate of drug-likeness (QED) is 0.430. The van der Waals surface area contributed by atoms with Crippen LogP contribution in [-0.2, 0) is 28.6 Å². The molecule has 0 aliphatic rings. The maximum absolute atomic E-state index is 12.6. The van der Waals surface area contributed by atoms with Crippen LogP contribution in [0.3, 0.4) is 0 Å². The summed E-state index contributed by atoms with van der Waals surface area (Å²) in [6.45, 7) is 5.14. The molecule has 2 atom stereocenters. The van der Waals surface area contributed by atoms with Gasteiger partial charge in [-0.05, 0) is 26.0 Å². The summed E-state index contributed by atoms with van der Waals surface area (Å²) < 4.78 is 14.0. The molecule has 0 fully saturated rings. The molecule has 8 heteroatoms. The molecule has 1 aromatic rings. The van der Waals surface area contributed by atoms with Crippen molar-refractivity contribution in [1.82, 2.24) is 5.32 Å². The second kappa shape index (κ2) is 9.70. The molecule has 0 aromatic heterocycles. The van der Waals surface area contributed by atoms with Crippen molar-refractivity contribution in [2.24, 2.45) is 11.8 Å². The Kier molecular flexibility index (Phi) is 7.96. The van der Waals surface area contributed by atoms with E-state index in [0.29, 0.717) is 5.56 Å². The number of carbonyl (C=O) groups excluding carboxylic acids is 4. The molecule has 0 saturated heterocycles. The molecular weight excluding hydrogens is 354 g/mol. The van der Waals surface area contributed by atoms with E-state index in [1.54, 1.807) is 12.1 Å². The zero-order valence-corrected chi connectivity index (χ0v) is 16.3. The highest BCUT2D eigenvalue weighted by Crippen LogP contribution is 2.21. The van der Waals surface area contributed by atoms with Crippen LogP contribution in [0.4, 0.5) is 0 Å². The number of carbonyl (C=O) groups is 4. The first-order valence-electron chi connectivity index (χ1n) is 8.28. The Morgan fingerprint density at radius 2 is 1.26 bits per heavy atom. The monoisotopic (exact) mass is 379 g/mol. The van der Waals surface area contributed by atoms with Crippen molar-refractivity contribution in [2.75, 3.05) is 21.3 Å². The van der Waals surface area contributed by atoms with Gasteiger partial charge in [-0.2, -0.15) is 0 Å². The van der Waals surface area contributed by atoms with Crippen molar-refractivity contribution in [3.63, 3.8) is 0 Å². The minimum atomic E-state index is -1.40. The largest absolute Gasteiger partial charge is 0.468 e. The Labute approximate surface area is 158 Å². The molecule has 0 bridgehead atoms. The molecular formula is C19H25NO7. The lowest BCUT2D eigenvalue weighted by molar-refractivity contribution is -0.162. The van der Waals surface area contributed by atoms with Crippen LogP contribution in [-0.4, -0.2) is 51.2 Å². The van der Waals surface area contributed by atoms with Gasteiger partial charge in [-0.25, -0.2) is 4.79 Å². The highest BCUT2D eigenvalue weighted by atomic mass is 16.5. The second-order valence-corrected chi connectivity index (χ2v) is 6.23. The smallest absolute Gasteiger partial charge is 0.328 e. The highest BCUT2D eigenvalue weighted by molar-refractivity contribution is 5.99. The van der Waals surface area contributed by atoms with Crippen LogP contribution in [0, 0.1) is 25.7 Å². The van der Waals surface area contributed by atoms with Crippen molar-refractivity contribution in [2.45, 2.75) is 26.8 Å². The molecule has 1 aromatic carbocycles. The molecule has 0 spiro atoms. The minimum Gasteiger partial charge on any atom is -0.468 e. The number of benzene rings is 1. The van der Waals surface area contributed by atoms with Crippen molar-refractivity contribution in [3.05, 3.63) is 34.9 Å². The van der Waals surface area contributed by atoms with E-state index in [0.717, 1.165) is 32.5 Å². The molecule has 0 unspecified atom stereocenters. The van der Waals surface area contributed by atoms with Gasteiger partial charge in [-0.1, -0.05) is 24.1 Å². The maximum Gasteiger partial charge on any atom is 0.328 e. The number of nitrogens with one attached hydrogen (secondary N) is 1. The Bertz CT molecular complexity index is 693. The molecule has 1 rings (SSSR count). The molecule has 1 amide bonds. The summed E-state index contributed by atoms with van der Waals surface area (Å²) in [7, 11) is 3.38. The summed E-state index contributed by atoms with van der Waals surface area (Å²) in [4.78, 5) is 48.9. The fourth-order valence-corrected chi connectivity index (χ4v) is 2.83. The third-order valence-electron chi connectivity index (χ3n) is 4.19. The number of ether oxygens (including phenoxy) is 3. The van der Waals surface area contributed by atoms with Crippen molar-refractivity contribution in [1.29, 1.82) is 0 Å². The number of methoxy groups -OCH3 is 3. The average Bonchev–Trinajstić information content (AvgIpc) is 2.63. The van der Waals surface area contributed by atoms with Crippen LogP contribution in [0.5, 0.6) is 0 Å². The first-order chi connectivity index (χ1) is 12.7. The first-order valence-corrected chi connectivity index (χ1v) is 8.28. The SMILES string of the molecule is COC(=O)C(C(=O)OC)[C@H](C)[C@@H](NC(=O)c1cc(C)cc(C)c1)C(=O)OC. The van der Waals surface area contributed by atoms with Gasteiger partial charge in [0, 0.05) is 11.5 Å². The zero-order chi connectivity index (χ0) is 20.7. The Hall–Kier alpha value is -2.90. The normalized spacial score (nSPS) is 12.7. The van der Waals surface area contributed by atoms with Gasteiger partial charge in [-0.15, -0.1) is 0 Å². The van der Waals surface area contributed by atoms with E-state index >= 15 is 0 Å². The van der Waals surface area contributed by atoms with Gasteiger partial charge < -0.3 is 19.5 Å². The van der Waals surface area contributed by atoms with Gasteiger partial charge in [-0.3, -0.25) is 14.4 Å². The Morgan fingerprint density at radius 1 is 0.815 bits per heavy atom.